The van der Waals surface area contributed by atoms with Crippen molar-refractivity contribution in [2.45, 2.75) is 20.0 Å². The first-order valence-corrected chi connectivity index (χ1v) is 4.92. The van der Waals surface area contributed by atoms with Gasteiger partial charge >= 0.3 is 5.69 Å². The Kier molecular flexibility index (Phi) is 3.78. The molecule has 0 aliphatic rings. The maximum atomic E-state index is 10.8. The molecule has 0 unspecified atom stereocenters. The average molecular weight is 225 g/mol. The lowest BCUT2D eigenvalue weighted by Crippen LogP contribution is -2.28. The first-order chi connectivity index (χ1) is 7.41. The highest BCUT2D eigenvalue weighted by Crippen LogP contribution is 2.25. The van der Waals surface area contributed by atoms with Crippen LogP contribution in [0.5, 0.6) is 0 Å². The Morgan fingerprint density at radius 1 is 1.69 bits per heavy atom. The summed E-state index contributed by atoms with van der Waals surface area (Å²) in [6.07, 6.45) is 1.01. The van der Waals surface area contributed by atoms with E-state index in [0.29, 0.717) is 6.54 Å². The summed E-state index contributed by atoms with van der Waals surface area (Å²) >= 11 is 0. The van der Waals surface area contributed by atoms with E-state index in [-0.39, 0.29) is 11.5 Å². The summed E-state index contributed by atoms with van der Waals surface area (Å²) in [5.74, 6) is 0.275. The molecular formula is C10H15N3O3. The second-order valence-electron chi connectivity index (χ2n) is 3.84. The molecule has 1 rings (SSSR count). The summed E-state index contributed by atoms with van der Waals surface area (Å²) < 4.78 is 0. The predicted molar refractivity (Wildman–Crippen MR) is 60.6 cm³/mol. The predicted octanol–water partition coefficient (Wildman–Crippen LogP) is 1.12. The lowest BCUT2D eigenvalue weighted by atomic mass is 10.2. The maximum Gasteiger partial charge on any atom is 0.311 e. The standard InChI is InChI=1S/C10H15N3O3/c1-7-4-9(13(15)16)10(11-5-7)12(3)6-8(2)14/h4-5,8,14H,6H2,1-3H3/t8-/m1/s1. The molecule has 1 aromatic heterocycles. The molecule has 0 aliphatic heterocycles. The van der Waals surface area contributed by atoms with Gasteiger partial charge in [0.2, 0.25) is 5.82 Å². The second kappa shape index (κ2) is 4.89. The van der Waals surface area contributed by atoms with E-state index < -0.39 is 11.0 Å². The second-order valence-corrected chi connectivity index (χ2v) is 3.84. The highest BCUT2D eigenvalue weighted by molar-refractivity contribution is 5.58. The molecule has 0 aromatic carbocycles. The fourth-order valence-corrected chi connectivity index (χ4v) is 1.46. The molecule has 0 fully saturated rings. The normalized spacial score (nSPS) is 12.2. The minimum absolute atomic E-state index is 0.0387. The molecule has 0 bridgehead atoms. The van der Waals surface area contributed by atoms with E-state index in [1.807, 2.05) is 0 Å². The van der Waals surface area contributed by atoms with Gasteiger partial charge in [0.25, 0.3) is 0 Å². The van der Waals surface area contributed by atoms with Crippen LogP contribution in [0.4, 0.5) is 11.5 Å². The zero-order chi connectivity index (χ0) is 12.3. The number of likely N-dealkylation sites (N-methyl/N-ethyl adjacent to an activating group) is 1. The third-order valence-corrected chi connectivity index (χ3v) is 2.08. The third kappa shape index (κ3) is 2.90. The first kappa shape index (κ1) is 12.4. The van der Waals surface area contributed by atoms with Gasteiger partial charge in [-0.3, -0.25) is 10.1 Å². The number of aliphatic hydroxyl groups is 1. The number of nitro groups is 1. The minimum atomic E-state index is -0.562. The summed E-state index contributed by atoms with van der Waals surface area (Å²) in [6, 6.07) is 1.47. The summed E-state index contributed by atoms with van der Waals surface area (Å²) in [5.41, 5.74) is 0.698. The fourth-order valence-electron chi connectivity index (χ4n) is 1.46. The number of aliphatic hydroxyl groups excluding tert-OH is 1. The number of nitrogens with zero attached hydrogens (tertiary/aromatic N) is 3. The van der Waals surface area contributed by atoms with Crippen molar-refractivity contribution in [3.05, 3.63) is 27.9 Å². The monoisotopic (exact) mass is 225 g/mol. The van der Waals surface area contributed by atoms with Gasteiger partial charge in [-0.05, 0) is 19.4 Å². The van der Waals surface area contributed by atoms with E-state index in [0.717, 1.165) is 5.56 Å². The molecule has 0 saturated carbocycles. The summed E-state index contributed by atoms with van der Waals surface area (Å²) in [4.78, 5) is 16.0. The van der Waals surface area contributed by atoms with Crippen molar-refractivity contribution < 1.29 is 10.0 Å². The maximum absolute atomic E-state index is 10.8. The van der Waals surface area contributed by atoms with Crippen molar-refractivity contribution in [3.8, 4) is 0 Å². The first-order valence-electron chi connectivity index (χ1n) is 4.92. The molecule has 0 aliphatic carbocycles. The molecule has 1 heterocycles. The van der Waals surface area contributed by atoms with Gasteiger partial charge in [0.05, 0.1) is 11.0 Å². The summed E-state index contributed by atoms with van der Waals surface area (Å²) in [7, 11) is 1.66. The number of anilines is 1. The van der Waals surface area contributed by atoms with Gasteiger partial charge in [-0.1, -0.05) is 0 Å². The van der Waals surface area contributed by atoms with Gasteiger partial charge < -0.3 is 10.0 Å². The number of hydrogen-bond donors (Lipinski definition) is 1. The van der Waals surface area contributed by atoms with Gasteiger partial charge in [0.1, 0.15) is 0 Å². The lowest BCUT2D eigenvalue weighted by molar-refractivity contribution is -0.384. The van der Waals surface area contributed by atoms with E-state index in [4.69, 9.17) is 0 Å². The zero-order valence-corrected chi connectivity index (χ0v) is 9.54. The molecule has 0 saturated heterocycles. The van der Waals surface area contributed by atoms with Gasteiger partial charge in [-0.15, -0.1) is 0 Å². The Hall–Kier alpha value is -1.69. The Balaban J connectivity index is 3.07. The quantitative estimate of drug-likeness (QED) is 0.613. The molecule has 1 aromatic rings. The number of hydrogen-bond acceptors (Lipinski definition) is 5. The zero-order valence-electron chi connectivity index (χ0n) is 9.54. The average Bonchev–Trinajstić information content (AvgIpc) is 2.16. The van der Waals surface area contributed by atoms with E-state index in [9.17, 15) is 15.2 Å². The third-order valence-electron chi connectivity index (χ3n) is 2.08. The molecule has 88 valence electrons. The number of pyridine rings is 1. The summed E-state index contributed by atoms with van der Waals surface area (Å²) in [5, 5.41) is 20.1. The van der Waals surface area contributed by atoms with Gasteiger partial charge in [-0.2, -0.15) is 0 Å². The highest BCUT2D eigenvalue weighted by atomic mass is 16.6. The smallest absolute Gasteiger partial charge is 0.311 e. The lowest BCUT2D eigenvalue weighted by Gasteiger charge is -2.19. The van der Waals surface area contributed by atoms with Crippen LogP contribution in [-0.2, 0) is 0 Å². The van der Waals surface area contributed by atoms with Crippen LogP contribution in [0.15, 0.2) is 12.3 Å². The Bertz CT molecular complexity index is 393. The van der Waals surface area contributed by atoms with Crippen LogP contribution in [0.25, 0.3) is 0 Å². The van der Waals surface area contributed by atoms with Crippen molar-refractivity contribution in [2.24, 2.45) is 0 Å². The Labute approximate surface area is 93.7 Å². The van der Waals surface area contributed by atoms with Crippen LogP contribution in [0, 0.1) is 17.0 Å². The van der Waals surface area contributed by atoms with Crippen molar-refractivity contribution in [2.75, 3.05) is 18.5 Å². The number of rotatable bonds is 4. The topological polar surface area (TPSA) is 79.5 Å². The van der Waals surface area contributed by atoms with Crippen LogP contribution in [0.1, 0.15) is 12.5 Å². The van der Waals surface area contributed by atoms with Crippen LogP contribution < -0.4 is 4.90 Å². The van der Waals surface area contributed by atoms with Crippen molar-refractivity contribution in [1.82, 2.24) is 4.98 Å². The van der Waals surface area contributed by atoms with E-state index >= 15 is 0 Å². The van der Waals surface area contributed by atoms with Crippen LogP contribution in [-0.4, -0.2) is 34.7 Å². The highest BCUT2D eigenvalue weighted by Gasteiger charge is 2.19. The Morgan fingerprint density at radius 2 is 2.31 bits per heavy atom. The molecular weight excluding hydrogens is 210 g/mol. The van der Waals surface area contributed by atoms with Crippen molar-refractivity contribution in [3.63, 3.8) is 0 Å². The number of aryl methyl sites for hydroxylation is 1. The Morgan fingerprint density at radius 3 is 2.81 bits per heavy atom. The molecule has 6 nitrogen and oxygen atoms in total. The minimum Gasteiger partial charge on any atom is -0.392 e. The van der Waals surface area contributed by atoms with Crippen LogP contribution >= 0.6 is 0 Å². The molecule has 0 radical (unpaired) electrons. The molecule has 0 spiro atoms. The van der Waals surface area contributed by atoms with Crippen LogP contribution in [0.2, 0.25) is 0 Å². The molecule has 1 N–H and O–H groups in total. The molecule has 6 heteroatoms. The van der Waals surface area contributed by atoms with Gasteiger partial charge in [0.15, 0.2) is 0 Å². The largest absolute Gasteiger partial charge is 0.392 e. The van der Waals surface area contributed by atoms with E-state index in [1.165, 1.54) is 6.07 Å². The van der Waals surface area contributed by atoms with E-state index in [1.54, 1.807) is 32.0 Å². The van der Waals surface area contributed by atoms with Gasteiger partial charge in [0, 0.05) is 25.9 Å². The molecule has 0 amide bonds. The van der Waals surface area contributed by atoms with Crippen molar-refractivity contribution >= 4 is 11.5 Å². The SMILES string of the molecule is Cc1cnc(N(C)C[C@@H](C)O)c([N+](=O)[O-])c1. The molecule has 16 heavy (non-hydrogen) atoms. The number of aromatic nitrogens is 1. The fraction of sp³-hybridized carbons (Fsp3) is 0.500. The van der Waals surface area contributed by atoms with Crippen LogP contribution in [0.3, 0.4) is 0 Å². The molecule has 1 atom stereocenters. The summed E-state index contributed by atoms with van der Waals surface area (Å²) in [6.45, 7) is 3.67. The van der Waals surface area contributed by atoms with Gasteiger partial charge in [-0.25, -0.2) is 4.98 Å². The van der Waals surface area contributed by atoms with E-state index in [2.05, 4.69) is 4.98 Å². The van der Waals surface area contributed by atoms with Crippen molar-refractivity contribution in [1.29, 1.82) is 0 Å².